The molecular formula is C17H25NO. The standard InChI is InChI=1S/C17H25NO/c1-16(2)11-14(17(3,4)19-16)15-13-8-6-5-7-12(13)9-10-18-15/h5-8,14-15,18H,9-11H2,1-4H3. The normalized spacial score (nSPS) is 32.0. The highest BCUT2D eigenvalue weighted by Crippen LogP contribution is 2.48. The molecule has 0 radical (unpaired) electrons. The summed E-state index contributed by atoms with van der Waals surface area (Å²) in [7, 11) is 0. The van der Waals surface area contributed by atoms with Gasteiger partial charge in [0.25, 0.3) is 0 Å². The topological polar surface area (TPSA) is 21.3 Å². The molecule has 104 valence electrons. The van der Waals surface area contributed by atoms with Crippen LogP contribution in [-0.2, 0) is 11.2 Å². The van der Waals surface area contributed by atoms with Crippen molar-refractivity contribution in [3.63, 3.8) is 0 Å². The molecule has 2 heterocycles. The highest BCUT2D eigenvalue weighted by Gasteiger charge is 2.49. The summed E-state index contributed by atoms with van der Waals surface area (Å²) in [5, 5.41) is 3.73. The first-order valence-electron chi connectivity index (χ1n) is 7.40. The van der Waals surface area contributed by atoms with Crippen LogP contribution in [0.4, 0.5) is 0 Å². The lowest BCUT2D eigenvalue weighted by atomic mass is 9.76. The summed E-state index contributed by atoms with van der Waals surface area (Å²) >= 11 is 0. The molecule has 1 aromatic carbocycles. The van der Waals surface area contributed by atoms with Gasteiger partial charge in [-0.2, -0.15) is 0 Å². The van der Waals surface area contributed by atoms with Crippen molar-refractivity contribution in [1.29, 1.82) is 0 Å². The van der Waals surface area contributed by atoms with Crippen LogP contribution in [0.25, 0.3) is 0 Å². The second-order valence-corrected chi connectivity index (χ2v) is 7.16. The lowest BCUT2D eigenvalue weighted by molar-refractivity contribution is -0.0780. The zero-order chi connectivity index (χ0) is 13.7. The van der Waals surface area contributed by atoms with Crippen molar-refractivity contribution in [3.8, 4) is 0 Å². The number of fused-ring (bicyclic) bond motifs is 1. The van der Waals surface area contributed by atoms with Crippen LogP contribution in [0.5, 0.6) is 0 Å². The lowest BCUT2D eigenvalue weighted by Crippen LogP contribution is -2.41. The zero-order valence-corrected chi connectivity index (χ0v) is 12.5. The molecule has 2 aliphatic heterocycles. The van der Waals surface area contributed by atoms with E-state index in [-0.39, 0.29) is 11.2 Å². The van der Waals surface area contributed by atoms with Crippen molar-refractivity contribution < 1.29 is 4.74 Å². The van der Waals surface area contributed by atoms with Gasteiger partial charge in [-0.15, -0.1) is 0 Å². The molecule has 2 atom stereocenters. The maximum Gasteiger partial charge on any atom is 0.0681 e. The van der Waals surface area contributed by atoms with Gasteiger partial charge in [0, 0.05) is 12.0 Å². The van der Waals surface area contributed by atoms with Crippen molar-refractivity contribution in [2.75, 3.05) is 6.54 Å². The SMILES string of the molecule is CC1(C)CC(C2NCCc3ccccc32)C(C)(C)O1. The van der Waals surface area contributed by atoms with Crippen LogP contribution in [-0.4, -0.2) is 17.7 Å². The van der Waals surface area contributed by atoms with E-state index >= 15 is 0 Å². The first-order chi connectivity index (χ1) is 8.89. The number of rotatable bonds is 1. The van der Waals surface area contributed by atoms with Gasteiger partial charge < -0.3 is 10.1 Å². The van der Waals surface area contributed by atoms with E-state index in [1.54, 1.807) is 0 Å². The third-order valence-electron chi connectivity index (χ3n) is 4.69. The molecule has 1 aromatic rings. The predicted molar refractivity (Wildman–Crippen MR) is 78.2 cm³/mol. The summed E-state index contributed by atoms with van der Waals surface area (Å²) in [6.07, 6.45) is 2.26. The van der Waals surface area contributed by atoms with Gasteiger partial charge in [-0.25, -0.2) is 0 Å². The molecule has 0 aromatic heterocycles. The second-order valence-electron chi connectivity index (χ2n) is 7.16. The largest absolute Gasteiger partial charge is 0.369 e. The van der Waals surface area contributed by atoms with E-state index < -0.39 is 0 Å². The molecule has 2 nitrogen and oxygen atoms in total. The third kappa shape index (κ3) is 2.32. The minimum Gasteiger partial charge on any atom is -0.369 e. The maximum absolute atomic E-state index is 6.28. The minimum atomic E-state index is -0.0639. The molecule has 2 unspecified atom stereocenters. The molecule has 3 rings (SSSR count). The summed E-state index contributed by atoms with van der Waals surface area (Å²) in [6, 6.07) is 9.31. The molecule has 1 saturated heterocycles. The first kappa shape index (κ1) is 13.1. The van der Waals surface area contributed by atoms with Gasteiger partial charge in [-0.1, -0.05) is 24.3 Å². The number of benzene rings is 1. The monoisotopic (exact) mass is 259 g/mol. The first-order valence-corrected chi connectivity index (χ1v) is 7.40. The van der Waals surface area contributed by atoms with Crippen molar-refractivity contribution in [3.05, 3.63) is 35.4 Å². The quantitative estimate of drug-likeness (QED) is 0.834. The smallest absolute Gasteiger partial charge is 0.0681 e. The number of hydrogen-bond donors (Lipinski definition) is 1. The Morgan fingerprint density at radius 3 is 2.58 bits per heavy atom. The molecule has 0 spiro atoms. The molecule has 2 aliphatic rings. The molecule has 0 saturated carbocycles. The van der Waals surface area contributed by atoms with E-state index in [0.717, 1.165) is 19.4 Å². The van der Waals surface area contributed by atoms with E-state index in [0.29, 0.717) is 12.0 Å². The van der Waals surface area contributed by atoms with Crippen LogP contribution in [0.3, 0.4) is 0 Å². The molecule has 2 heteroatoms. The van der Waals surface area contributed by atoms with E-state index in [1.807, 2.05) is 0 Å². The molecule has 0 amide bonds. The lowest BCUT2D eigenvalue weighted by Gasteiger charge is -2.37. The Kier molecular flexibility index (Phi) is 2.99. The van der Waals surface area contributed by atoms with Crippen LogP contribution < -0.4 is 5.32 Å². The zero-order valence-electron chi connectivity index (χ0n) is 12.5. The minimum absolute atomic E-state index is 0.0117. The Labute approximate surface area is 116 Å². The van der Waals surface area contributed by atoms with Gasteiger partial charge >= 0.3 is 0 Å². The van der Waals surface area contributed by atoms with Crippen LogP contribution in [0.1, 0.15) is 51.3 Å². The Morgan fingerprint density at radius 2 is 1.89 bits per heavy atom. The molecule has 1 fully saturated rings. The summed E-state index contributed by atoms with van der Waals surface area (Å²) in [6.45, 7) is 9.98. The van der Waals surface area contributed by atoms with Gasteiger partial charge in [0.05, 0.1) is 11.2 Å². The highest BCUT2D eigenvalue weighted by molar-refractivity contribution is 5.33. The van der Waals surface area contributed by atoms with Crippen molar-refractivity contribution >= 4 is 0 Å². The van der Waals surface area contributed by atoms with Gasteiger partial charge in [0.1, 0.15) is 0 Å². The van der Waals surface area contributed by atoms with Crippen LogP contribution >= 0.6 is 0 Å². The summed E-state index contributed by atoms with van der Waals surface area (Å²) in [5.41, 5.74) is 2.91. The summed E-state index contributed by atoms with van der Waals surface area (Å²) < 4.78 is 6.28. The Hall–Kier alpha value is -0.860. The van der Waals surface area contributed by atoms with Gasteiger partial charge in [0.15, 0.2) is 0 Å². The maximum atomic E-state index is 6.28. The van der Waals surface area contributed by atoms with Crippen LogP contribution in [0.2, 0.25) is 0 Å². The third-order valence-corrected chi connectivity index (χ3v) is 4.69. The Balaban J connectivity index is 1.96. The molecule has 0 bridgehead atoms. The molecule has 19 heavy (non-hydrogen) atoms. The number of ether oxygens (including phenoxy) is 1. The fraction of sp³-hybridized carbons (Fsp3) is 0.647. The predicted octanol–water partition coefficient (Wildman–Crippen LogP) is 3.47. The molecule has 1 N–H and O–H groups in total. The van der Waals surface area contributed by atoms with Gasteiger partial charge in [-0.3, -0.25) is 0 Å². The Bertz CT molecular complexity index is 478. The highest BCUT2D eigenvalue weighted by atomic mass is 16.5. The van der Waals surface area contributed by atoms with E-state index in [9.17, 15) is 0 Å². The van der Waals surface area contributed by atoms with E-state index in [2.05, 4.69) is 57.3 Å². The number of hydrogen-bond acceptors (Lipinski definition) is 2. The molecule has 0 aliphatic carbocycles. The van der Waals surface area contributed by atoms with Crippen LogP contribution in [0.15, 0.2) is 24.3 Å². The van der Waals surface area contributed by atoms with Crippen LogP contribution in [0, 0.1) is 5.92 Å². The average Bonchev–Trinajstić information content (AvgIpc) is 2.56. The van der Waals surface area contributed by atoms with Crippen molar-refractivity contribution in [1.82, 2.24) is 5.32 Å². The average molecular weight is 259 g/mol. The van der Waals surface area contributed by atoms with Crippen molar-refractivity contribution in [2.24, 2.45) is 5.92 Å². The Morgan fingerprint density at radius 1 is 1.16 bits per heavy atom. The van der Waals surface area contributed by atoms with Crippen molar-refractivity contribution in [2.45, 2.75) is 57.8 Å². The van der Waals surface area contributed by atoms with Gasteiger partial charge in [0.2, 0.25) is 0 Å². The molecular weight excluding hydrogens is 234 g/mol. The second kappa shape index (κ2) is 4.32. The van der Waals surface area contributed by atoms with E-state index in [4.69, 9.17) is 4.74 Å². The summed E-state index contributed by atoms with van der Waals surface area (Å²) in [4.78, 5) is 0. The van der Waals surface area contributed by atoms with Gasteiger partial charge in [-0.05, 0) is 58.2 Å². The fourth-order valence-electron chi connectivity index (χ4n) is 4.02. The number of nitrogens with one attached hydrogen (secondary N) is 1. The summed E-state index contributed by atoms with van der Waals surface area (Å²) in [5.74, 6) is 0.531. The fourth-order valence-corrected chi connectivity index (χ4v) is 4.02. The van der Waals surface area contributed by atoms with E-state index in [1.165, 1.54) is 11.1 Å².